The molecule has 5 aromatic rings. The molecule has 2 atom stereocenters. The van der Waals surface area contributed by atoms with Crippen LogP contribution in [0.4, 0.5) is 13.2 Å². The lowest BCUT2D eigenvalue weighted by Crippen LogP contribution is -2.22. The summed E-state index contributed by atoms with van der Waals surface area (Å²) in [5, 5.41) is 18.6. The maximum atomic E-state index is 15.7. The van der Waals surface area contributed by atoms with Gasteiger partial charge >= 0.3 is 5.97 Å². The van der Waals surface area contributed by atoms with Crippen LogP contribution in [0.3, 0.4) is 0 Å². The molecule has 1 aliphatic heterocycles. The van der Waals surface area contributed by atoms with Crippen LogP contribution in [0.2, 0.25) is 0 Å². The van der Waals surface area contributed by atoms with E-state index in [1.54, 1.807) is 18.2 Å². The monoisotopic (exact) mass is 624 g/mol. The minimum absolute atomic E-state index is 0.0270. The number of benzene rings is 3. The van der Waals surface area contributed by atoms with Crippen molar-refractivity contribution in [1.82, 2.24) is 14.5 Å². The van der Waals surface area contributed by atoms with Crippen molar-refractivity contribution in [2.75, 3.05) is 13.2 Å². The van der Waals surface area contributed by atoms with Gasteiger partial charge in [0.1, 0.15) is 29.9 Å². The van der Waals surface area contributed by atoms with E-state index in [2.05, 4.69) is 4.98 Å². The number of pyridine rings is 1. The number of hydrogen-bond donors (Lipinski definition) is 1. The number of nitrogens with zero attached hydrogens (tertiary/aromatic N) is 4. The maximum absolute atomic E-state index is 15.7. The minimum atomic E-state index is -1.06. The van der Waals surface area contributed by atoms with Gasteiger partial charge in [-0.2, -0.15) is 5.26 Å². The molecule has 0 spiro atoms. The molecule has 46 heavy (non-hydrogen) atoms. The van der Waals surface area contributed by atoms with Gasteiger partial charge in [0, 0.05) is 29.5 Å². The van der Waals surface area contributed by atoms with Crippen molar-refractivity contribution in [2.24, 2.45) is 11.8 Å². The number of hydrogen-bond acceptors (Lipinski definition) is 6. The zero-order valence-corrected chi connectivity index (χ0v) is 24.4. The third kappa shape index (κ3) is 5.68. The van der Waals surface area contributed by atoms with Crippen LogP contribution < -0.4 is 4.74 Å². The standard InChI is InChI=1S/C35H27F3N4O4/c36-26-10-19(15-39)4-5-22(26)16-46-34-3-1-2-29(41-34)24-14-27(37)23(11-28(24)38)13-33-40-30-9-8-21(35(43)44)12-31(30)42(33)32-18-45-17-25(32)20-6-7-20/h1-5,8-12,14,20,25,32H,6-7,13,16-18H2,(H,43,44)/t25-,32-/m1/s1. The van der Waals surface area contributed by atoms with Crippen molar-refractivity contribution in [3.63, 3.8) is 0 Å². The molecule has 8 nitrogen and oxygen atoms in total. The second-order valence-corrected chi connectivity index (χ2v) is 11.7. The molecule has 3 heterocycles. The van der Waals surface area contributed by atoms with Crippen molar-refractivity contribution in [2.45, 2.75) is 31.9 Å². The predicted molar refractivity (Wildman–Crippen MR) is 161 cm³/mol. The van der Waals surface area contributed by atoms with E-state index in [1.807, 2.05) is 10.6 Å². The third-order valence-corrected chi connectivity index (χ3v) is 8.70. The molecule has 0 amide bonds. The van der Waals surface area contributed by atoms with E-state index in [0.717, 1.165) is 31.0 Å². The Balaban J connectivity index is 1.18. The Morgan fingerprint density at radius 3 is 2.57 bits per heavy atom. The van der Waals surface area contributed by atoms with Crippen LogP contribution >= 0.6 is 0 Å². The number of rotatable bonds is 9. The number of carboxylic acid groups (broad SMARTS) is 1. The first-order valence-electron chi connectivity index (χ1n) is 14.9. The van der Waals surface area contributed by atoms with Crippen LogP contribution in [-0.2, 0) is 17.8 Å². The molecule has 7 rings (SSSR count). The highest BCUT2D eigenvalue weighted by Crippen LogP contribution is 2.46. The van der Waals surface area contributed by atoms with Crippen LogP contribution in [-0.4, -0.2) is 38.8 Å². The SMILES string of the molecule is N#Cc1ccc(COc2cccc(-c3cc(F)c(Cc4nc5ccc(C(=O)O)cc5n4[C@@H]4COC[C@@H]4C4CC4)cc3F)n2)c(F)c1. The summed E-state index contributed by atoms with van der Waals surface area (Å²) < 4.78 is 59.0. The highest BCUT2D eigenvalue weighted by atomic mass is 19.1. The molecule has 2 aromatic heterocycles. The number of nitriles is 1. The molecule has 1 N–H and O–H groups in total. The number of ether oxygens (including phenoxy) is 2. The van der Waals surface area contributed by atoms with Gasteiger partial charge in [-0.15, -0.1) is 0 Å². The van der Waals surface area contributed by atoms with Crippen molar-refractivity contribution < 1.29 is 32.5 Å². The zero-order chi connectivity index (χ0) is 31.9. The van der Waals surface area contributed by atoms with Crippen molar-refractivity contribution in [3.05, 3.63) is 112 Å². The van der Waals surface area contributed by atoms with E-state index in [4.69, 9.17) is 19.7 Å². The van der Waals surface area contributed by atoms with Crippen LogP contribution in [0.5, 0.6) is 5.88 Å². The third-order valence-electron chi connectivity index (χ3n) is 8.70. The molecule has 0 unspecified atom stereocenters. The van der Waals surface area contributed by atoms with Crippen molar-refractivity contribution in [3.8, 4) is 23.2 Å². The highest BCUT2D eigenvalue weighted by Gasteiger charge is 2.42. The molecular formula is C35H27F3N4O4. The van der Waals surface area contributed by atoms with Crippen LogP contribution in [0.15, 0.2) is 66.7 Å². The maximum Gasteiger partial charge on any atom is 0.335 e. The van der Waals surface area contributed by atoms with E-state index >= 15 is 8.78 Å². The van der Waals surface area contributed by atoms with Gasteiger partial charge in [-0.05, 0) is 72.9 Å². The van der Waals surface area contributed by atoms with Crippen LogP contribution in [0.25, 0.3) is 22.3 Å². The summed E-state index contributed by atoms with van der Waals surface area (Å²) in [6, 6.07) is 17.3. The van der Waals surface area contributed by atoms with Gasteiger partial charge in [0.15, 0.2) is 0 Å². The summed E-state index contributed by atoms with van der Waals surface area (Å²) in [7, 11) is 0. The zero-order valence-electron chi connectivity index (χ0n) is 24.4. The normalized spacial score (nSPS) is 17.7. The lowest BCUT2D eigenvalue weighted by molar-refractivity contribution is 0.0697. The Kier molecular flexibility index (Phi) is 7.66. The fourth-order valence-electron chi connectivity index (χ4n) is 6.19. The van der Waals surface area contributed by atoms with Gasteiger partial charge in [0.2, 0.25) is 5.88 Å². The summed E-state index contributed by atoms with van der Waals surface area (Å²) in [6.45, 7) is 0.837. The number of halogens is 3. The van der Waals surface area contributed by atoms with E-state index in [-0.39, 0.29) is 64.4 Å². The summed E-state index contributed by atoms with van der Waals surface area (Å²) in [6.07, 6.45) is 2.17. The van der Waals surface area contributed by atoms with E-state index in [9.17, 15) is 14.3 Å². The van der Waals surface area contributed by atoms with Gasteiger partial charge < -0.3 is 19.1 Å². The molecule has 2 aliphatic rings. The Morgan fingerprint density at radius 2 is 1.80 bits per heavy atom. The molecule has 1 saturated heterocycles. The Hall–Kier alpha value is -5.21. The molecule has 2 fully saturated rings. The number of fused-ring (bicyclic) bond motifs is 1. The second-order valence-electron chi connectivity index (χ2n) is 11.7. The number of carboxylic acids is 1. The molecular weight excluding hydrogens is 597 g/mol. The fourth-order valence-corrected chi connectivity index (χ4v) is 6.19. The summed E-state index contributed by atoms with van der Waals surface area (Å²) in [5.74, 6) is -1.71. The largest absolute Gasteiger partial charge is 0.478 e. The van der Waals surface area contributed by atoms with Gasteiger partial charge in [0.25, 0.3) is 0 Å². The highest BCUT2D eigenvalue weighted by molar-refractivity contribution is 5.92. The van der Waals surface area contributed by atoms with E-state index < -0.39 is 23.4 Å². The first kappa shape index (κ1) is 29.5. The Labute approximate surface area is 261 Å². The first-order chi connectivity index (χ1) is 22.3. The van der Waals surface area contributed by atoms with Crippen molar-refractivity contribution >= 4 is 17.0 Å². The molecule has 1 saturated carbocycles. The first-order valence-corrected chi connectivity index (χ1v) is 14.9. The number of imidazole rings is 1. The lowest BCUT2D eigenvalue weighted by atomic mass is 9.97. The van der Waals surface area contributed by atoms with E-state index in [0.29, 0.717) is 36.0 Å². The summed E-state index contributed by atoms with van der Waals surface area (Å²) >= 11 is 0. The molecule has 0 bridgehead atoms. The quantitative estimate of drug-likeness (QED) is 0.191. The molecule has 0 radical (unpaired) electrons. The molecule has 3 aromatic carbocycles. The van der Waals surface area contributed by atoms with Gasteiger partial charge in [-0.25, -0.2) is 27.9 Å². The summed E-state index contributed by atoms with van der Waals surface area (Å²) in [4.78, 5) is 20.8. The fraction of sp³-hybridized carbons (Fsp3) is 0.257. The second kappa shape index (κ2) is 11.9. The minimum Gasteiger partial charge on any atom is -0.478 e. The average Bonchev–Trinajstić information content (AvgIpc) is 3.67. The predicted octanol–water partition coefficient (Wildman–Crippen LogP) is 6.85. The van der Waals surface area contributed by atoms with Crippen molar-refractivity contribution in [1.29, 1.82) is 5.26 Å². The molecule has 232 valence electrons. The lowest BCUT2D eigenvalue weighted by Gasteiger charge is -2.22. The van der Waals surface area contributed by atoms with Gasteiger partial charge in [-0.3, -0.25) is 0 Å². The van der Waals surface area contributed by atoms with Gasteiger partial charge in [-0.1, -0.05) is 12.1 Å². The Bertz CT molecular complexity index is 2030. The van der Waals surface area contributed by atoms with Crippen LogP contribution in [0, 0.1) is 40.6 Å². The molecule has 11 heteroatoms. The van der Waals surface area contributed by atoms with Gasteiger partial charge in [0.05, 0.1) is 53.2 Å². The smallest absolute Gasteiger partial charge is 0.335 e. The van der Waals surface area contributed by atoms with E-state index in [1.165, 1.54) is 30.3 Å². The average molecular weight is 625 g/mol. The topological polar surface area (TPSA) is 110 Å². The summed E-state index contributed by atoms with van der Waals surface area (Å²) in [5.41, 5.74) is 1.84. The number of aromatic carboxylic acids is 1. The van der Waals surface area contributed by atoms with Crippen LogP contribution in [0.1, 0.15) is 51.8 Å². The Morgan fingerprint density at radius 1 is 0.978 bits per heavy atom. The number of carbonyl (C=O) groups is 1. The molecule has 1 aliphatic carbocycles. The number of aromatic nitrogens is 3.